The molecule has 0 radical (unpaired) electrons. The van der Waals surface area contributed by atoms with Gasteiger partial charge in [0.25, 0.3) is 0 Å². The van der Waals surface area contributed by atoms with Gasteiger partial charge in [0.1, 0.15) is 11.6 Å². The van der Waals surface area contributed by atoms with Crippen LogP contribution in [-0.2, 0) is 13.0 Å². The summed E-state index contributed by atoms with van der Waals surface area (Å²) in [4.78, 5) is 9.51. The summed E-state index contributed by atoms with van der Waals surface area (Å²) in [5.74, 6) is 1.47. The van der Waals surface area contributed by atoms with Gasteiger partial charge < -0.3 is 20.6 Å². The molecule has 0 aliphatic heterocycles. The van der Waals surface area contributed by atoms with E-state index in [1.807, 2.05) is 18.2 Å². The Morgan fingerprint density at radius 1 is 1.45 bits per heavy atom. The Morgan fingerprint density at radius 3 is 3.05 bits per heavy atom. The molecule has 0 fully saturated rings. The van der Waals surface area contributed by atoms with Crippen molar-refractivity contribution in [3.8, 4) is 0 Å². The second-order valence-electron chi connectivity index (χ2n) is 4.85. The quantitative estimate of drug-likeness (QED) is 0.597. The van der Waals surface area contributed by atoms with Gasteiger partial charge in [-0.1, -0.05) is 0 Å². The SMILES string of the molecule is NC(CO)Cc1cc2nc(Cl)nc(NCc3ccco3)c2s1. The fourth-order valence-corrected chi connectivity index (χ4v) is 3.41. The Kier molecular flexibility index (Phi) is 4.58. The largest absolute Gasteiger partial charge is 0.467 e. The van der Waals surface area contributed by atoms with E-state index in [-0.39, 0.29) is 17.9 Å². The van der Waals surface area contributed by atoms with Crippen LogP contribution in [0, 0.1) is 0 Å². The van der Waals surface area contributed by atoms with Crippen LogP contribution in [0.3, 0.4) is 0 Å². The molecule has 3 heterocycles. The molecule has 0 saturated carbocycles. The summed E-state index contributed by atoms with van der Waals surface area (Å²) in [6, 6.07) is 5.36. The van der Waals surface area contributed by atoms with E-state index in [1.165, 1.54) is 0 Å². The van der Waals surface area contributed by atoms with Crippen molar-refractivity contribution in [3.05, 3.63) is 40.4 Å². The highest BCUT2D eigenvalue weighted by Crippen LogP contribution is 2.31. The summed E-state index contributed by atoms with van der Waals surface area (Å²) in [6.45, 7) is 0.461. The van der Waals surface area contributed by atoms with Crippen LogP contribution in [0.4, 0.5) is 5.82 Å². The molecule has 8 heteroatoms. The number of nitrogens with zero attached hydrogens (tertiary/aromatic N) is 2. The first-order chi connectivity index (χ1) is 10.7. The highest BCUT2D eigenvalue weighted by atomic mass is 35.5. The molecule has 3 aromatic rings. The maximum absolute atomic E-state index is 9.07. The van der Waals surface area contributed by atoms with Gasteiger partial charge in [0.15, 0.2) is 0 Å². The second kappa shape index (κ2) is 6.62. The molecule has 0 bridgehead atoms. The van der Waals surface area contributed by atoms with E-state index in [0.717, 1.165) is 20.9 Å². The fourth-order valence-electron chi connectivity index (χ4n) is 2.08. The van der Waals surface area contributed by atoms with E-state index < -0.39 is 0 Å². The van der Waals surface area contributed by atoms with Gasteiger partial charge in [-0.15, -0.1) is 11.3 Å². The summed E-state index contributed by atoms with van der Waals surface area (Å²) in [5, 5.41) is 12.5. The lowest BCUT2D eigenvalue weighted by atomic mass is 10.2. The number of hydrogen-bond acceptors (Lipinski definition) is 7. The zero-order valence-electron chi connectivity index (χ0n) is 11.6. The van der Waals surface area contributed by atoms with Crippen molar-refractivity contribution in [2.45, 2.75) is 19.0 Å². The fraction of sp³-hybridized carbons (Fsp3) is 0.286. The van der Waals surface area contributed by atoms with Gasteiger partial charge in [-0.3, -0.25) is 0 Å². The lowest BCUT2D eigenvalue weighted by Crippen LogP contribution is -2.26. The Balaban J connectivity index is 1.87. The van der Waals surface area contributed by atoms with Gasteiger partial charge in [-0.05, 0) is 36.2 Å². The number of halogens is 1. The molecule has 0 aromatic carbocycles. The van der Waals surface area contributed by atoms with E-state index >= 15 is 0 Å². The zero-order valence-corrected chi connectivity index (χ0v) is 13.2. The van der Waals surface area contributed by atoms with E-state index in [2.05, 4.69) is 15.3 Å². The number of aliphatic hydroxyl groups is 1. The van der Waals surface area contributed by atoms with Crippen LogP contribution in [0.1, 0.15) is 10.6 Å². The third kappa shape index (κ3) is 3.38. The summed E-state index contributed by atoms with van der Waals surface area (Å²) in [5.41, 5.74) is 6.55. The molecule has 6 nitrogen and oxygen atoms in total. The molecule has 0 aliphatic carbocycles. The van der Waals surface area contributed by atoms with E-state index in [1.54, 1.807) is 17.6 Å². The molecule has 1 unspecified atom stereocenters. The van der Waals surface area contributed by atoms with Crippen molar-refractivity contribution in [2.75, 3.05) is 11.9 Å². The first-order valence-corrected chi connectivity index (χ1v) is 7.94. The van der Waals surface area contributed by atoms with Crippen molar-refractivity contribution in [2.24, 2.45) is 5.73 Å². The molecule has 1 atom stereocenters. The third-order valence-corrected chi connectivity index (χ3v) is 4.43. The summed E-state index contributed by atoms with van der Waals surface area (Å²) < 4.78 is 6.20. The predicted molar refractivity (Wildman–Crippen MR) is 87.2 cm³/mol. The van der Waals surface area contributed by atoms with Crippen LogP contribution in [-0.4, -0.2) is 27.7 Å². The highest BCUT2D eigenvalue weighted by Gasteiger charge is 2.13. The van der Waals surface area contributed by atoms with E-state index in [9.17, 15) is 0 Å². The first-order valence-electron chi connectivity index (χ1n) is 6.74. The number of hydrogen-bond donors (Lipinski definition) is 3. The number of anilines is 1. The Hall–Kier alpha value is -1.67. The van der Waals surface area contributed by atoms with Gasteiger partial charge in [0, 0.05) is 10.9 Å². The van der Waals surface area contributed by atoms with Crippen molar-refractivity contribution >= 4 is 39.0 Å². The van der Waals surface area contributed by atoms with Crippen molar-refractivity contribution in [3.63, 3.8) is 0 Å². The Bertz CT molecular complexity index is 760. The number of nitrogens with one attached hydrogen (secondary N) is 1. The molecule has 0 aliphatic rings. The molecule has 22 heavy (non-hydrogen) atoms. The number of nitrogens with two attached hydrogens (primary N) is 1. The smallest absolute Gasteiger partial charge is 0.224 e. The van der Waals surface area contributed by atoms with Gasteiger partial charge in [-0.25, -0.2) is 4.98 Å². The molecule has 3 rings (SSSR count). The maximum Gasteiger partial charge on any atom is 0.224 e. The second-order valence-corrected chi connectivity index (χ2v) is 6.32. The minimum absolute atomic E-state index is 0.0513. The average Bonchev–Trinajstić information content (AvgIpc) is 3.13. The Morgan fingerprint density at radius 2 is 2.32 bits per heavy atom. The van der Waals surface area contributed by atoms with Crippen molar-refractivity contribution in [1.82, 2.24) is 9.97 Å². The van der Waals surface area contributed by atoms with E-state index in [4.69, 9.17) is 26.9 Å². The predicted octanol–water partition coefficient (Wildman–Crippen LogP) is 2.41. The molecule has 0 amide bonds. The number of furan rings is 1. The molecular formula is C14H15ClN4O2S. The monoisotopic (exact) mass is 338 g/mol. The lowest BCUT2D eigenvalue weighted by Gasteiger charge is -2.05. The van der Waals surface area contributed by atoms with Gasteiger partial charge >= 0.3 is 0 Å². The molecule has 0 spiro atoms. The minimum Gasteiger partial charge on any atom is -0.467 e. The van der Waals surface area contributed by atoms with Crippen LogP contribution in [0.15, 0.2) is 28.9 Å². The Labute approximate surface area is 135 Å². The van der Waals surface area contributed by atoms with Crippen LogP contribution in [0.5, 0.6) is 0 Å². The highest BCUT2D eigenvalue weighted by molar-refractivity contribution is 7.19. The van der Waals surface area contributed by atoms with Crippen molar-refractivity contribution in [1.29, 1.82) is 0 Å². The van der Waals surface area contributed by atoms with Crippen LogP contribution in [0.25, 0.3) is 10.2 Å². The third-order valence-electron chi connectivity index (χ3n) is 3.10. The number of thiophene rings is 1. The summed E-state index contributed by atoms with van der Waals surface area (Å²) in [7, 11) is 0. The standard InChI is InChI=1S/C14H15ClN4O2S/c15-14-18-11-5-10(4-8(16)7-20)22-12(11)13(19-14)17-6-9-2-1-3-21-9/h1-3,5,8,20H,4,6-7,16H2,(H,17,18,19). The van der Waals surface area contributed by atoms with E-state index in [0.29, 0.717) is 18.8 Å². The number of aromatic nitrogens is 2. The van der Waals surface area contributed by atoms with Crippen LogP contribution < -0.4 is 11.1 Å². The van der Waals surface area contributed by atoms with Gasteiger partial charge in [0.2, 0.25) is 5.28 Å². The van der Waals surface area contributed by atoms with Gasteiger partial charge in [-0.2, -0.15) is 4.98 Å². The average molecular weight is 339 g/mol. The maximum atomic E-state index is 9.07. The minimum atomic E-state index is -0.281. The van der Waals surface area contributed by atoms with Crippen LogP contribution in [0.2, 0.25) is 5.28 Å². The first kappa shape index (κ1) is 15.2. The zero-order chi connectivity index (χ0) is 15.5. The molecular weight excluding hydrogens is 324 g/mol. The number of rotatable bonds is 6. The summed E-state index contributed by atoms with van der Waals surface area (Å²) in [6.07, 6.45) is 2.21. The van der Waals surface area contributed by atoms with Crippen LogP contribution >= 0.6 is 22.9 Å². The topological polar surface area (TPSA) is 97.2 Å². The molecule has 3 aromatic heterocycles. The molecule has 4 N–H and O–H groups in total. The van der Waals surface area contributed by atoms with Gasteiger partial charge in [0.05, 0.1) is 29.6 Å². The lowest BCUT2D eigenvalue weighted by molar-refractivity contribution is 0.266. The summed E-state index contributed by atoms with van der Waals surface area (Å²) >= 11 is 7.53. The number of fused-ring (bicyclic) bond motifs is 1. The normalized spacial score (nSPS) is 12.7. The molecule has 0 saturated heterocycles. The number of aliphatic hydroxyl groups excluding tert-OH is 1. The van der Waals surface area contributed by atoms with Crippen molar-refractivity contribution < 1.29 is 9.52 Å². The molecule has 116 valence electrons.